The standard InChI is InChI=1S/C22H25N3O2S2/c1-3-27-17-6-4-16(5-7-17)14-21(26)24-10-12-25(13-11-24)22-23-19-9-8-18(28-2)15-20(19)29-22/h4-9,15H,3,10-14H2,1-2H3. The number of hydrogen-bond acceptors (Lipinski definition) is 6. The molecule has 1 aliphatic rings. The van der Waals surface area contributed by atoms with Crippen LogP contribution in [0.15, 0.2) is 47.4 Å². The van der Waals surface area contributed by atoms with Gasteiger partial charge in [0.25, 0.3) is 0 Å². The van der Waals surface area contributed by atoms with Gasteiger partial charge in [-0.1, -0.05) is 23.5 Å². The Labute approximate surface area is 179 Å². The third kappa shape index (κ3) is 4.67. The van der Waals surface area contributed by atoms with Crippen LogP contribution in [0.3, 0.4) is 0 Å². The number of nitrogens with zero attached hydrogens (tertiary/aromatic N) is 3. The minimum absolute atomic E-state index is 0.183. The lowest BCUT2D eigenvalue weighted by Crippen LogP contribution is -2.49. The van der Waals surface area contributed by atoms with Crippen molar-refractivity contribution in [1.29, 1.82) is 0 Å². The molecule has 5 nitrogen and oxygen atoms in total. The fourth-order valence-corrected chi connectivity index (χ4v) is 5.03. The molecule has 7 heteroatoms. The predicted molar refractivity (Wildman–Crippen MR) is 122 cm³/mol. The van der Waals surface area contributed by atoms with E-state index in [2.05, 4.69) is 29.4 Å². The normalized spacial score (nSPS) is 14.4. The van der Waals surface area contributed by atoms with E-state index in [1.807, 2.05) is 36.1 Å². The van der Waals surface area contributed by atoms with Gasteiger partial charge in [-0.05, 0) is 49.1 Å². The second-order valence-electron chi connectivity index (χ2n) is 6.95. The number of rotatable bonds is 6. The van der Waals surface area contributed by atoms with E-state index in [1.54, 1.807) is 23.1 Å². The van der Waals surface area contributed by atoms with Crippen LogP contribution in [0.1, 0.15) is 12.5 Å². The third-order valence-corrected chi connectivity index (χ3v) is 6.88. The van der Waals surface area contributed by atoms with Crippen molar-refractivity contribution < 1.29 is 9.53 Å². The quantitative estimate of drug-likeness (QED) is 0.549. The van der Waals surface area contributed by atoms with Crippen molar-refractivity contribution in [3.05, 3.63) is 48.0 Å². The van der Waals surface area contributed by atoms with Crippen LogP contribution < -0.4 is 9.64 Å². The second-order valence-corrected chi connectivity index (χ2v) is 8.84. The van der Waals surface area contributed by atoms with E-state index in [4.69, 9.17) is 9.72 Å². The summed E-state index contributed by atoms with van der Waals surface area (Å²) in [4.78, 5) is 23.0. The Morgan fingerprint density at radius 3 is 2.59 bits per heavy atom. The van der Waals surface area contributed by atoms with Crippen LogP contribution in [0.4, 0.5) is 5.13 Å². The minimum Gasteiger partial charge on any atom is -0.494 e. The van der Waals surface area contributed by atoms with Crippen molar-refractivity contribution in [1.82, 2.24) is 9.88 Å². The molecule has 152 valence electrons. The first-order valence-corrected chi connectivity index (χ1v) is 11.9. The Balaban J connectivity index is 1.34. The maximum atomic E-state index is 12.7. The van der Waals surface area contributed by atoms with Crippen LogP contribution in [0.2, 0.25) is 0 Å². The first-order chi connectivity index (χ1) is 14.2. The van der Waals surface area contributed by atoms with Crippen molar-refractivity contribution >= 4 is 44.4 Å². The predicted octanol–water partition coefficient (Wildman–Crippen LogP) is 4.31. The molecule has 0 unspecified atom stereocenters. The fraction of sp³-hybridized carbons (Fsp3) is 0.364. The number of anilines is 1. The molecule has 0 radical (unpaired) electrons. The highest BCUT2D eigenvalue weighted by molar-refractivity contribution is 7.98. The van der Waals surface area contributed by atoms with Gasteiger partial charge in [0.1, 0.15) is 5.75 Å². The van der Waals surface area contributed by atoms with E-state index in [1.165, 1.54) is 9.60 Å². The Morgan fingerprint density at radius 1 is 1.14 bits per heavy atom. The molecule has 2 aromatic carbocycles. The number of fused-ring (bicyclic) bond motifs is 1. The van der Waals surface area contributed by atoms with Gasteiger partial charge >= 0.3 is 0 Å². The van der Waals surface area contributed by atoms with Gasteiger partial charge in [-0.25, -0.2) is 4.98 Å². The molecule has 4 rings (SSSR count). The third-order valence-electron chi connectivity index (χ3n) is 5.08. The zero-order valence-corrected chi connectivity index (χ0v) is 18.4. The minimum atomic E-state index is 0.183. The number of piperazine rings is 1. The monoisotopic (exact) mass is 427 g/mol. The van der Waals surface area contributed by atoms with Gasteiger partial charge in [-0.3, -0.25) is 4.79 Å². The summed E-state index contributed by atoms with van der Waals surface area (Å²) in [5.41, 5.74) is 2.08. The van der Waals surface area contributed by atoms with Gasteiger partial charge in [0, 0.05) is 31.1 Å². The summed E-state index contributed by atoms with van der Waals surface area (Å²) >= 11 is 3.49. The summed E-state index contributed by atoms with van der Waals surface area (Å²) in [6.07, 6.45) is 2.53. The van der Waals surface area contributed by atoms with E-state index in [0.717, 1.165) is 48.1 Å². The van der Waals surface area contributed by atoms with Crippen LogP contribution in [-0.2, 0) is 11.2 Å². The Bertz CT molecular complexity index is 979. The number of benzene rings is 2. The largest absolute Gasteiger partial charge is 0.494 e. The average molecular weight is 428 g/mol. The van der Waals surface area contributed by atoms with Crippen molar-refractivity contribution in [3.63, 3.8) is 0 Å². The molecule has 0 spiro atoms. The topological polar surface area (TPSA) is 45.7 Å². The van der Waals surface area contributed by atoms with Crippen LogP contribution in [-0.4, -0.2) is 54.8 Å². The number of aromatic nitrogens is 1. The number of carbonyl (C=O) groups is 1. The molecule has 29 heavy (non-hydrogen) atoms. The number of carbonyl (C=O) groups excluding carboxylic acids is 1. The highest BCUT2D eigenvalue weighted by atomic mass is 32.2. The molecule has 1 fully saturated rings. The molecule has 1 aliphatic heterocycles. The fourth-order valence-electron chi connectivity index (χ4n) is 3.46. The summed E-state index contributed by atoms with van der Waals surface area (Å²) < 4.78 is 6.69. The van der Waals surface area contributed by atoms with Crippen LogP contribution in [0.25, 0.3) is 10.2 Å². The molecule has 0 saturated carbocycles. The Morgan fingerprint density at radius 2 is 1.90 bits per heavy atom. The summed E-state index contributed by atoms with van der Waals surface area (Å²) in [7, 11) is 0. The Hall–Kier alpha value is -2.25. The SMILES string of the molecule is CCOc1ccc(CC(=O)N2CCN(c3nc4ccc(SC)cc4s3)CC2)cc1. The lowest BCUT2D eigenvalue weighted by molar-refractivity contribution is -0.130. The van der Waals surface area contributed by atoms with Crippen LogP contribution in [0.5, 0.6) is 5.75 Å². The number of hydrogen-bond donors (Lipinski definition) is 0. The Kier molecular flexibility index (Phi) is 6.25. The summed E-state index contributed by atoms with van der Waals surface area (Å²) in [6.45, 7) is 5.74. The summed E-state index contributed by atoms with van der Waals surface area (Å²) in [5.74, 6) is 1.03. The van der Waals surface area contributed by atoms with Gasteiger partial charge in [0.2, 0.25) is 5.91 Å². The molecular weight excluding hydrogens is 402 g/mol. The van der Waals surface area contributed by atoms with E-state index < -0.39 is 0 Å². The highest BCUT2D eigenvalue weighted by Crippen LogP contribution is 2.32. The maximum absolute atomic E-state index is 12.7. The van der Waals surface area contributed by atoms with E-state index in [9.17, 15) is 4.79 Å². The zero-order valence-electron chi connectivity index (χ0n) is 16.8. The molecule has 0 aliphatic carbocycles. The molecule has 1 saturated heterocycles. The van der Waals surface area contributed by atoms with E-state index >= 15 is 0 Å². The van der Waals surface area contributed by atoms with Crippen molar-refractivity contribution in [2.75, 3.05) is 43.9 Å². The maximum Gasteiger partial charge on any atom is 0.227 e. The van der Waals surface area contributed by atoms with Crippen molar-refractivity contribution in [2.24, 2.45) is 0 Å². The first-order valence-electron chi connectivity index (χ1n) is 9.85. The van der Waals surface area contributed by atoms with Crippen molar-refractivity contribution in [2.45, 2.75) is 18.2 Å². The van der Waals surface area contributed by atoms with Gasteiger partial charge < -0.3 is 14.5 Å². The molecule has 0 N–H and O–H groups in total. The van der Waals surface area contributed by atoms with Gasteiger partial charge in [0.15, 0.2) is 5.13 Å². The molecule has 1 amide bonds. The molecular formula is C22H25N3O2S2. The lowest BCUT2D eigenvalue weighted by Gasteiger charge is -2.34. The van der Waals surface area contributed by atoms with Gasteiger partial charge in [-0.15, -0.1) is 11.8 Å². The lowest BCUT2D eigenvalue weighted by atomic mass is 10.1. The number of thioether (sulfide) groups is 1. The van der Waals surface area contributed by atoms with Crippen LogP contribution in [0, 0.1) is 0 Å². The molecule has 1 aromatic heterocycles. The van der Waals surface area contributed by atoms with Gasteiger partial charge in [-0.2, -0.15) is 0 Å². The van der Waals surface area contributed by atoms with E-state index in [-0.39, 0.29) is 5.91 Å². The van der Waals surface area contributed by atoms with Gasteiger partial charge in [0.05, 0.1) is 23.2 Å². The molecule has 2 heterocycles. The number of thiazole rings is 1. The highest BCUT2D eigenvalue weighted by Gasteiger charge is 2.23. The second kappa shape index (κ2) is 9.05. The van der Waals surface area contributed by atoms with Crippen LogP contribution >= 0.6 is 23.1 Å². The zero-order chi connectivity index (χ0) is 20.2. The number of amides is 1. The summed E-state index contributed by atoms with van der Waals surface area (Å²) in [6, 6.07) is 14.2. The first kappa shape index (κ1) is 20.0. The molecule has 0 bridgehead atoms. The summed E-state index contributed by atoms with van der Waals surface area (Å²) in [5, 5.41) is 1.05. The van der Waals surface area contributed by atoms with E-state index in [0.29, 0.717) is 13.0 Å². The molecule has 0 atom stereocenters. The van der Waals surface area contributed by atoms with Crippen molar-refractivity contribution in [3.8, 4) is 5.75 Å². The number of ether oxygens (including phenoxy) is 1. The average Bonchev–Trinajstić information content (AvgIpc) is 3.18. The smallest absolute Gasteiger partial charge is 0.227 e. The molecule has 3 aromatic rings.